The maximum absolute atomic E-state index is 11.2. The van der Waals surface area contributed by atoms with Crippen molar-refractivity contribution in [2.24, 2.45) is 4.99 Å². The number of rotatable bonds is 6. The molecule has 0 saturated carbocycles. The molecule has 1 heterocycles. The van der Waals surface area contributed by atoms with E-state index in [0.717, 1.165) is 5.56 Å². The number of halogens is 1. The molecule has 4 rings (SSSR count). The van der Waals surface area contributed by atoms with Crippen LogP contribution < -0.4 is 4.74 Å². The molecule has 1 aromatic heterocycles. The van der Waals surface area contributed by atoms with Crippen molar-refractivity contribution < 1.29 is 19.2 Å². The fourth-order valence-corrected chi connectivity index (χ4v) is 3.16. The molecule has 0 bridgehead atoms. The molecule has 3 aromatic carbocycles. The monoisotopic (exact) mass is 437 g/mol. The van der Waals surface area contributed by atoms with E-state index in [1.165, 1.54) is 18.3 Å². The van der Waals surface area contributed by atoms with Gasteiger partial charge in [-0.2, -0.15) is 0 Å². The van der Waals surface area contributed by atoms with Crippen molar-refractivity contribution in [1.82, 2.24) is 4.98 Å². The molecular formula is C22H16ClN3O5. The lowest BCUT2D eigenvalue weighted by atomic mass is 10.1. The van der Waals surface area contributed by atoms with Crippen LogP contribution in [0.4, 0.5) is 11.4 Å². The zero-order chi connectivity index (χ0) is 22.0. The Morgan fingerprint density at radius 1 is 1.26 bits per heavy atom. The van der Waals surface area contributed by atoms with Gasteiger partial charge in [-0.05, 0) is 43.3 Å². The molecular weight excluding hydrogens is 422 g/mol. The molecule has 0 saturated heterocycles. The maximum Gasteiger partial charge on any atom is 0.274 e. The van der Waals surface area contributed by atoms with E-state index in [-0.39, 0.29) is 29.4 Å². The van der Waals surface area contributed by atoms with Crippen LogP contribution in [0.1, 0.15) is 12.5 Å². The van der Waals surface area contributed by atoms with Gasteiger partial charge in [0.25, 0.3) is 5.69 Å². The quantitative estimate of drug-likeness (QED) is 0.228. The van der Waals surface area contributed by atoms with Crippen LogP contribution in [0.5, 0.6) is 11.5 Å². The Hall–Kier alpha value is -3.91. The Morgan fingerprint density at radius 3 is 2.84 bits per heavy atom. The number of benzene rings is 3. The highest BCUT2D eigenvalue weighted by Crippen LogP contribution is 2.34. The summed E-state index contributed by atoms with van der Waals surface area (Å²) in [6, 6.07) is 14.7. The van der Waals surface area contributed by atoms with Gasteiger partial charge in [-0.25, -0.2) is 4.98 Å². The largest absolute Gasteiger partial charge is 0.504 e. The highest BCUT2D eigenvalue weighted by atomic mass is 35.5. The maximum atomic E-state index is 11.2. The summed E-state index contributed by atoms with van der Waals surface area (Å²) in [7, 11) is 0. The number of non-ortho nitro benzene ring substituents is 1. The number of nitro benzene ring substituents is 1. The zero-order valence-electron chi connectivity index (χ0n) is 16.3. The van der Waals surface area contributed by atoms with Crippen LogP contribution in [0.15, 0.2) is 64.0 Å². The van der Waals surface area contributed by atoms with E-state index in [4.69, 9.17) is 20.8 Å². The number of aromatic nitrogens is 1. The Kier molecular flexibility index (Phi) is 5.55. The summed E-state index contributed by atoms with van der Waals surface area (Å²) in [5.41, 5.74) is 2.40. The summed E-state index contributed by atoms with van der Waals surface area (Å²) < 4.78 is 11.1. The van der Waals surface area contributed by atoms with Crippen molar-refractivity contribution in [3.05, 3.63) is 75.3 Å². The second kappa shape index (κ2) is 8.45. The van der Waals surface area contributed by atoms with Crippen molar-refractivity contribution in [2.45, 2.75) is 6.92 Å². The van der Waals surface area contributed by atoms with Gasteiger partial charge >= 0.3 is 0 Å². The van der Waals surface area contributed by atoms with Gasteiger partial charge in [0.15, 0.2) is 17.1 Å². The number of aromatic hydroxyl groups is 1. The average molecular weight is 438 g/mol. The van der Waals surface area contributed by atoms with Crippen molar-refractivity contribution >= 4 is 40.3 Å². The Bertz CT molecular complexity index is 1320. The summed E-state index contributed by atoms with van der Waals surface area (Å²) in [4.78, 5) is 19.4. The standard InChI is InChI=1S/C22H16ClN3O5/c1-2-30-20-11-17(26(28)29)9-14(21(20)27)12-24-16-6-7-19-18(10-16)25-22(31-19)13-4-3-5-15(23)8-13/h3-12,27H,2H2,1H3. The van der Waals surface area contributed by atoms with E-state index in [1.54, 1.807) is 37.3 Å². The van der Waals surface area contributed by atoms with E-state index in [0.29, 0.717) is 27.7 Å². The first-order valence-corrected chi connectivity index (χ1v) is 9.67. The van der Waals surface area contributed by atoms with Crippen LogP contribution in [0, 0.1) is 10.1 Å². The SMILES string of the molecule is CCOc1cc([N+](=O)[O-])cc(C=Nc2ccc3oc(-c4cccc(Cl)c4)nc3c2)c1O. The van der Waals surface area contributed by atoms with E-state index in [2.05, 4.69) is 9.98 Å². The molecule has 0 aliphatic heterocycles. The first-order valence-electron chi connectivity index (χ1n) is 9.29. The van der Waals surface area contributed by atoms with Crippen molar-refractivity contribution in [1.29, 1.82) is 0 Å². The van der Waals surface area contributed by atoms with Crippen LogP contribution >= 0.6 is 11.6 Å². The van der Waals surface area contributed by atoms with Crippen molar-refractivity contribution in [3.63, 3.8) is 0 Å². The van der Waals surface area contributed by atoms with Crippen molar-refractivity contribution in [3.8, 4) is 23.0 Å². The third-order valence-corrected chi connectivity index (χ3v) is 4.63. The lowest BCUT2D eigenvalue weighted by molar-refractivity contribution is -0.385. The molecule has 0 fully saturated rings. The summed E-state index contributed by atoms with van der Waals surface area (Å²) in [5.74, 6) is 0.231. The predicted octanol–water partition coefficient (Wildman–Crippen LogP) is 5.91. The number of hydrogen-bond acceptors (Lipinski definition) is 7. The van der Waals surface area contributed by atoms with Crippen LogP contribution in [0.25, 0.3) is 22.6 Å². The third kappa shape index (κ3) is 4.34. The minimum atomic E-state index is -0.557. The number of fused-ring (bicyclic) bond motifs is 1. The first-order chi connectivity index (χ1) is 14.9. The van der Waals surface area contributed by atoms with Gasteiger partial charge < -0.3 is 14.3 Å². The molecule has 0 aliphatic rings. The fraction of sp³-hybridized carbons (Fsp3) is 0.0909. The molecule has 31 heavy (non-hydrogen) atoms. The van der Waals surface area contributed by atoms with E-state index < -0.39 is 4.92 Å². The summed E-state index contributed by atoms with van der Waals surface area (Å²) in [6.45, 7) is 1.97. The van der Waals surface area contributed by atoms with E-state index in [1.807, 2.05) is 12.1 Å². The predicted molar refractivity (Wildman–Crippen MR) is 118 cm³/mol. The van der Waals surface area contributed by atoms with Gasteiger partial charge in [0.05, 0.1) is 23.3 Å². The molecule has 0 spiro atoms. The van der Waals surface area contributed by atoms with Crippen LogP contribution in [-0.2, 0) is 0 Å². The lowest BCUT2D eigenvalue weighted by Gasteiger charge is -2.07. The van der Waals surface area contributed by atoms with Crippen LogP contribution in [0.2, 0.25) is 5.02 Å². The van der Waals surface area contributed by atoms with Gasteiger partial charge in [-0.15, -0.1) is 0 Å². The zero-order valence-corrected chi connectivity index (χ0v) is 17.0. The van der Waals surface area contributed by atoms with Crippen molar-refractivity contribution in [2.75, 3.05) is 6.61 Å². The van der Waals surface area contributed by atoms with Gasteiger partial charge in [0.2, 0.25) is 5.89 Å². The highest BCUT2D eigenvalue weighted by molar-refractivity contribution is 6.30. The third-order valence-electron chi connectivity index (χ3n) is 4.40. The average Bonchev–Trinajstić information content (AvgIpc) is 3.18. The van der Waals surface area contributed by atoms with Crippen LogP contribution in [0.3, 0.4) is 0 Å². The fourth-order valence-electron chi connectivity index (χ4n) is 2.97. The van der Waals surface area contributed by atoms with E-state index >= 15 is 0 Å². The number of oxazole rings is 1. The Morgan fingerprint density at radius 2 is 2.10 bits per heavy atom. The molecule has 0 amide bonds. The smallest absolute Gasteiger partial charge is 0.274 e. The molecule has 0 aliphatic carbocycles. The number of phenols is 1. The summed E-state index contributed by atoms with van der Waals surface area (Å²) in [6.07, 6.45) is 1.34. The minimum absolute atomic E-state index is 0.0243. The van der Waals surface area contributed by atoms with Gasteiger partial charge in [0, 0.05) is 28.4 Å². The number of hydrogen-bond donors (Lipinski definition) is 1. The molecule has 1 N–H and O–H groups in total. The molecule has 0 unspecified atom stereocenters. The number of nitrogens with zero attached hydrogens (tertiary/aromatic N) is 3. The molecule has 4 aromatic rings. The molecule has 8 nitrogen and oxygen atoms in total. The molecule has 0 radical (unpaired) electrons. The molecule has 0 atom stereocenters. The topological polar surface area (TPSA) is 111 Å². The van der Waals surface area contributed by atoms with Gasteiger partial charge in [-0.1, -0.05) is 17.7 Å². The second-order valence-electron chi connectivity index (χ2n) is 6.51. The molecule has 9 heteroatoms. The Balaban J connectivity index is 1.68. The number of ether oxygens (including phenoxy) is 1. The highest BCUT2D eigenvalue weighted by Gasteiger charge is 2.16. The lowest BCUT2D eigenvalue weighted by Crippen LogP contribution is -1.97. The van der Waals surface area contributed by atoms with E-state index in [9.17, 15) is 15.2 Å². The summed E-state index contributed by atoms with van der Waals surface area (Å²) >= 11 is 6.03. The summed E-state index contributed by atoms with van der Waals surface area (Å²) in [5, 5.41) is 22.1. The number of nitro groups is 1. The number of phenolic OH excluding ortho intramolecular Hbond substituents is 1. The van der Waals surface area contributed by atoms with Gasteiger partial charge in [0.1, 0.15) is 5.52 Å². The first kappa shape index (κ1) is 20.4. The van der Waals surface area contributed by atoms with Gasteiger partial charge in [-0.3, -0.25) is 15.1 Å². The van der Waals surface area contributed by atoms with Crippen LogP contribution in [-0.4, -0.2) is 27.8 Å². The molecule has 156 valence electrons. The minimum Gasteiger partial charge on any atom is -0.504 e. The second-order valence-corrected chi connectivity index (χ2v) is 6.95. The Labute approximate surface area is 181 Å². The normalized spacial score (nSPS) is 11.3. The number of aliphatic imine (C=N–C) groups is 1.